The van der Waals surface area contributed by atoms with Crippen molar-refractivity contribution in [3.63, 3.8) is 0 Å². The van der Waals surface area contributed by atoms with Crippen LogP contribution in [0.5, 0.6) is 5.75 Å². The Kier molecular flexibility index (Phi) is 5.52. The predicted molar refractivity (Wildman–Crippen MR) is 80.4 cm³/mol. The van der Waals surface area contributed by atoms with Crippen LogP contribution in [0.1, 0.15) is 33.6 Å². The molecule has 0 fully saturated rings. The number of rotatable bonds is 8. The van der Waals surface area contributed by atoms with Gasteiger partial charge in [-0.15, -0.1) is 0 Å². The van der Waals surface area contributed by atoms with E-state index in [1.807, 2.05) is 20.8 Å². The van der Waals surface area contributed by atoms with Gasteiger partial charge in [0.2, 0.25) is 5.91 Å². The molecule has 0 aliphatic heterocycles. The monoisotopic (exact) mass is 295 g/mol. The smallest absolute Gasteiger partial charge is 0.311 e. The van der Waals surface area contributed by atoms with Crippen LogP contribution in [0.4, 0.5) is 11.4 Å². The van der Waals surface area contributed by atoms with Gasteiger partial charge in [0.1, 0.15) is 0 Å². The molecule has 0 aliphatic carbocycles. The van der Waals surface area contributed by atoms with E-state index in [-0.39, 0.29) is 17.9 Å². The van der Waals surface area contributed by atoms with Crippen LogP contribution in [-0.4, -0.2) is 23.0 Å². The summed E-state index contributed by atoms with van der Waals surface area (Å²) in [7, 11) is 0. The summed E-state index contributed by atoms with van der Waals surface area (Å²) in [5.41, 5.74) is 5.20. The van der Waals surface area contributed by atoms with Gasteiger partial charge in [-0.2, -0.15) is 0 Å². The molecule has 0 heterocycles. The van der Waals surface area contributed by atoms with Crippen LogP contribution in [0.25, 0.3) is 0 Å². The zero-order valence-electron chi connectivity index (χ0n) is 12.5. The minimum atomic E-state index is -0.552. The van der Waals surface area contributed by atoms with Crippen molar-refractivity contribution >= 4 is 17.3 Å². The number of amides is 1. The molecule has 0 atom stereocenters. The number of anilines is 1. The van der Waals surface area contributed by atoms with Crippen LogP contribution in [0.3, 0.4) is 0 Å². The van der Waals surface area contributed by atoms with E-state index < -0.39 is 16.4 Å². The molecule has 0 spiro atoms. The van der Waals surface area contributed by atoms with Gasteiger partial charge in [0.05, 0.1) is 11.5 Å². The van der Waals surface area contributed by atoms with Crippen molar-refractivity contribution in [2.75, 3.05) is 11.9 Å². The highest BCUT2D eigenvalue weighted by Crippen LogP contribution is 2.31. The Morgan fingerprint density at radius 1 is 1.48 bits per heavy atom. The van der Waals surface area contributed by atoms with Gasteiger partial charge in [-0.3, -0.25) is 14.9 Å². The van der Waals surface area contributed by atoms with Crippen molar-refractivity contribution in [3.8, 4) is 5.75 Å². The summed E-state index contributed by atoms with van der Waals surface area (Å²) in [6.07, 6.45) is 0.900. The van der Waals surface area contributed by atoms with E-state index >= 15 is 0 Å². The average Bonchev–Trinajstić information content (AvgIpc) is 2.33. The first-order valence-corrected chi connectivity index (χ1v) is 6.73. The van der Waals surface area contributed by atoms with Gasteiger partial charge < -0.3 is 15.8 Å². The molecule has 0 bridgehead atoms. The fraction of sp³-hybridized carbons (Fsp3) is 0.500. The number of nitrogens with one attached hydrogen (secondary N) is 1. The maximum Gasteiger partial charge on any atom is 0.311 e. The van der Waals surface area contributed by atoms with Gasteiger partial charge >= 0.3 is 5.69 Å². The number of carbonyl (C=O) groups excluding carboxylic acids is 1. The first-order chi connectivity index (χ1) is 9.75. The molecule has 0 radical (unpaired) electrons. The summed E-state index contributed by atoms with van der Waals surface area (Å²) >= 11 is 0. The van der Waals surface area contributed by atoms with Crippen LogP contribution >= 0.6 is 0 Å². The molecule has 1 rings (SSSR count). The number of nitro groups is 1. The number of hydrogen-bond donors (Lipinski definition) is 2. The lowest BCUT2D eigenvalue weighted by atomic mass is 10.00. The molecule has 7 heteroatoms. The summed E-state index contributed by atoms with van der Waals surface area (Å²) in [6.45, 7) is 5.97. The van der Waals surface area contributed by atoms with Crippen LogP contribution in [-0.2, 0) is 4.79 Å². The van der Waals surface area contributed by atoms with Gasteiger partial charge in [-0.25, -0.2) is 0 Å². The second-order valence-corrected chi connectivity index (χ2v) is 5.44. The highest BCUT2D eigenvalue weighted by atomic mass is 16.6. The molecule has 3 N–H and O–H groups in total. The van der Waals surface area contributed by atoms with E-state index in [9.17, 15) is 14.9 Å². The number of primary amides is 1. The standard InChI is InChI=1S/C14H21N3O4/c1-4-7-21-12-8-10(5-6-11(12)17(19)20)16-14(2,3)9-13(15)18/h5-6,8,16H,4,7,9H2,1-3H3,(H2,15,18). The number of ether oxygens (including phenoxy) is 1. The van der Waals surface area contributed by atoms with E-state index in [1.54, 1.807) is 12.1 Å². The van der Waals surface area contributed by atoms with Crippen LogP contribution < -0.4 is 15.8 Å². The van der Waals surface area contributed by atoms with Crippen LogP contribution in [0, 0.1) is 10.1 Å². The minimum Gasteiger partial charge on any atom is -0.487 e. The Balaban J connectivity index is 2.98. The molecule has 0 aromatic heterocycles. The van der Waals surface area contributed by atoms with Crippen LogP contribution in [0.2, 0.25) is 0 Å². The summed E-state index contributed by atoms with van der Waals surface area (Å²) < 4.78 is 5.41. The second-order valence-electron chi connectivity index (χ2n) is 5.44. The fourth-order valence-corrected chi connectivity index (χ4v) is 1.94. The Hall–Kier alpha value is -2.31. The Morgan fingerprint density at radius 2 is 2.14 bits per heavy atom. The number of nitro benzene ring substituents is 1. The van der Waals surface area contributed by atoms with Crippen molar-refractivity contribution in [2.45, 2.75) is 39.2 Å². The molecule has 1 amide bonds. The quantitative estimate of drug-likeness (QED) is 0.565. The van der Waals surface area contributed by atoms with Gasteiger partial charge in [0.15, 0.2) is 5.75 Å². The lowest BCUT2D eigenvalue weighted by Crippen LogP contribution is -2.35. The molecule has 21 heavy (non-hydrogen) atoms. The molecule has 0 saturated heterocycles. The molecule has 0 unspecified atom stereocenters. The Labute approximate surface area is 123 Å². The number of nitrogens with zero attached hydrogens (tertiary/aromatic N) is 1. The molecule has 0 saturated carbocycles. The third-order valence-electron chi connectivity index (χ3n) is 2.72. The summed E-state index contributed by atoms with van der Waals surface area (Å²) in [4.78, 5) is 21.5. The van der Waals surface area contributed by atoms with E-state index in [2.05, 4.69) is 5.32 Å². The Bertz CT molecular complexity index is 529. The topological polar surface area (TPSA) is 107 Å². The third kappa shape index (κ3) is 5.29. The molecule has 1 aromatic rings. The lowest BCUT2D eigenvalue weighted by molar-refractivity contribution is -0.385. The zero-order chi connectivity index (χ0) is 16.0. The first-order valence-electron chi connectivity index (χ1n) is 6.73. The summed E-state index contributed by atoms with van der Waals surface area (Å²) in [6, 6.07) is 4.53. The summed E-state index contributed by atoms with van der Waals surface area (Å²) in [5, 5.41) is 14.1. The molecule has 0 aliphatic rings. The van der Waals surface area contributed by atoms with E-state index in [1.165, 1.54) is 6.07 Å². The van der Waals surface area contributed by atoms with Crippen molar-refractivity contribution in [2.24, 2.45) is 5.73 Å². The maximum atomic E-state index is 11.0. The van der Waals surface area contributed by atoms with Crippen molar-refractivity contribution in [1.29, 1.82) is 0 Å². The maximum absolute atomic E-state index is 11.0. The Morgan fingerprint density at radius 3 is 2.67 bits per heavy atom. The van der Waals surface area contributed by atoms with Gasteiger partial charge in [0.25, 0.3) is 0 Å². The summed E-state index contributed by atoms with van der Waals surface area (Å²) in [5.74, 6) is -0.210. The molecule has 1 aromatic carbocycles. The number of benzene rings is 1. The third-order valence-corrected chi connectivity index (χ3v) is 2.72. The van der Waals surface area contributed by atoms with E-state index in [0.717, 1.165) is 6.42 Å². The van der Waals surface area contributed by atoms with Crippen molar-refractivity contribution in [1.82, 2.24) is 0 Å². The highest BCUT2D eigenvalue weighted by molar-refractivity contribution is 5.75. The second kappa shape index (κ2) is 6.92. The molecular weight excluding hydrogens is 274 g/mol. The van der Waals surface area contributed by atoms with Gasteiger partial charge in [-0.1, -0.05) is 6.92 Å². The predicted octanol–water partition coefficient (Wildman–Crippen LogP) is 2.45. The SMILES string of the molecule is CCCOc1cc(NC(C)(C)CC(N)=O)ccc1[N+](=O)[O-]. The van der Waals surface area contributed by atoms with Gasteiger partial charge in [0, 0.05) is 29.8 Å². The normalized spacial score (nSPS) is 11.0. The molecular formula is C14H21N3O4. The average molecular weight is 295 g/mol. The number of hydrogen-bond acceptors (Lipinski definition) is 5. The lowest BCUT2D eigenvalue weighted by Gasteiger charge is -2.26. The van der Waals surface area contributed by atoms with Crippen molar-refractivity contribution in [3.05, 3.63) is 28.3 Å². The largest absolute Gasteiger partial charge is 0.487 e. The van der Waals surface area contributed by atoms with Gasteiger partial charge in [-0.05, 0) is 26.3 Å². The van der Waals surface area contributed by atoms with E-state index in [4.69, 9.17) is 10.5 Å². The van der Waals surface area contributed by atoms with Crippen molar-refractivity contribution < 1.29 is 14.5 Å². The molecule has 116 valence electrons. The number of carbonyl (C=O) groups is 1. The number of nitrogens with two attached hydrogens (primary N) is 1. The zero-order valence-corrected chi connectivity index (χ0v) is 12.5. The van der Waals surface area contributed by atoms with Crippen LogP contribution in [0.15, 0.2) is 18.2 Å². The highest BCUT2D eigenvalue weighted by Gasteiger charge is 2.22. The molecule has 7 nitrogen and oxygen atoms in total. The first kappa shape index (κ1) is 16.7. The minimum absolute atomic E-state index is 0.0818. The van der Waals surface area contributed by atoms with E-state index in [0.29, 0.717) is 12.3 Å². The fourth-order valence-electron chi connectivity index (χ4n) is 1.94.